The third kappa shape index (κ3) is 1.25. The number of rotatable bonds is 2. The fraction of sp³-hybridized carbons (Fsp3) is 0.222. The van der Waals surface area contributed by atoms with E-state index in [1.54, 1.807) is 6.20 Å². The molecular formula is C9H11NO2. The summed E-state index contributed by atoms with van der Waals surface area (Å²) in [6.07, 6.45) is 1.78. The number of aryl methyl sites for hydroxylation is 2. The lowest BCUT2D eigenvalue weighted by atomic mass is 10.0. The van der Waals surface area contributed by atoms with Crippen LogP contribution >= 0.6 is 0 Å². The van der Waals surface area contributed by atoms with E-state index in [9.17, 15) is 4.79 Å². The van der Waals surface area contributed by atoms with Crippen LogP contribution in [-0.2, 0) is 4.79 Å². The molecule has 0 radical (unpaired) electrons. The molecule has 0 aliphatic heterocycles. The summed E-state index contributed by atoms with van der Waals surface area (Å²) in [5.74, 6) is -0.971. The first-order valence-corrected chi connectivity index (χ1v) is 3.61. The highest BCUT2D eigenvalue weighted by Gasteiger charge is 2.13. The molecule has 0 unspecified atom stereocenters. The normalized spacial score (nSPS) is 9.83. The molecule has 1 rings (SSSR count). The van der Waals surface area contributed by atoms with E-state index in [0.29, 0.717) is 5.56 Å². The molecule has 0 aliphatic carbocycles. The van der Waals surface area contributed by atoms with Gasteiger partial charge in [-0.05, 0) is 19.4 Å². The molecule has 0 bridgehead atoms. The number of nitrogens with one attached hydrogen (secondary N) is 1. The Balaban J connectivity index is 3.18. The topological polar surface area (TPSA) is 53.1 Å². The van der Waals surface area contributed by atoms with Gasteiger partial charge in [0, 0.05) is 17.5 Å². The van der Waals surface area contributed by atoms with E-state index in [4.69, 9.17) is 5.11 Å². The van der Waals surface area contributed by atoms with Crippen LogP contribution in [0.2, 0.25) is 0 Å². The summed E-state index contributed by atoms with van der Waals surface area (Å²) in [7, 11) is 0. The predicted molar refractivity (Wildman–Crippen MR) is 46.9 cm³/mol. The lowest BCUT2D eigenvalue weighted by Gasteiger charge is -2.00. The van der Waals surface area contributed by atoms with Gasteiger partial charge in [-0.3, -0.25) is 0 Å². The van der Waals surface area contributed by atoms with Crippen molar-refractivity contribution in [1.82, 2.24) is 4.98 Å². The number of H-pyrrole nitrogens is 1. The molecule has 3 nitrogen and oxygen atoms in total. The van der Waals surface area contributed by atoms with E-state index in [1.807, 2.05) is 13.8 Å². The third-order valence-electron chi connectivity index (χ3n) is 1.83. The molecular weight excluding hydrogens is 154 g/mol. The van der Waals surface area contributed by atoms with Gasteiger partial charge in [0.2, 0.25) is 0 Å². The Bertz CT molecular complexity index is 317. The highest BCUT2D eigenvalue weighted by Crippen LogP contribution is 2.20. The Morgan fingerprint density at radius 2 is 2.17 bits per heavy atom. The van der Waals surface area contributed by atoms with E-state index >= 15 is 0 Å². The SMILES string of the molecule is C=C(C(=O)O)c1c(C)c[nH]c1C. The Kier molecular flexibility index (Phi) is 2.04. The third-order valence-corrected chi connectivity index (χ3v) is 1.83. The quantitative estimate of drug-likeness (QED) is 0.655. The summed E-state index contributed by atoms with van der Waals surface area (Å²) in [6.45, 7) is 7.18. The fourth-order valence-electron chi connectivity index (χ4n) is 1.23. The van der Waals surface area contributed by atoms with Gasteiger partial charge >= 0.3 is 5.97 Å². The standard InChI is InChI=1S/C9H11NO2/c1-5-4-10-7(3)8(5)6(2)9(11)12/h4,10H,2H2,1,3H3,(H,11,12). The summed E-state index contributed by atoms with van der Waals surface area (Å²) in [5, 5.41) is 8.69. The monoisotopic (exact) mass is 165 g/mol. The minimum absolute atomic E-state index is 0.145. The Hall–Kier alpha value is -1.51. The van der Waals surface area contributed by atoms with E-state index in [-0.39, 0.29) is 5.57 Å². The van der Waals surface area contributed by atoms with Gasteiger partial charge in [0.05, 0.1) is 5.57 Å². The summed E-state index contributed by atoms with van der Waals surface area (Å²) >= 11 is 0. The van der Waals surface area contributed by atoms with Crippen LogP contribution in [0.3, 0.4) is 0 Å². The maximum atomic E-state index is 10.6. The molecule has 64 valence electrons. The Morgan fingerprint density at radius 1 is 1.58 bits per heavy atom. The predicted octanol–water partition coefficient (Wildman–Crippen LogP) is 1.73. The number of carbonyl (C=O) groups is 1. The van der Waals surface area contributed by atoms with Gasteiger partial charge in [-0.25, -0.2) is 4.79 Å². The molecule has 1 aromatic rings. The van der Waals surface area contributed by atoms with Crippen molar-refractivity contribution in [3.63, 3.8) is 0 Å². The number of aromatic nitrogens is 1. The molecule has 0 atom stereocenters. The van der Waals surface area contributed by atoms with Crippen molar-refractivity contribution in [1.29, 1.82) is 0 Å². The molecule has 0 saturated heterocycles. The van der Waals surface area contributed by atoms with Crippen molar-refractivity contribution in [2.75, 3.05) is 0 Å². The molecule has 0 aromatic carbocycles. The molecule has 1 aromatic heterocycles. The Morgan fingerprint density at radius 3 is 2.50 bits per heavy atom. The molecule has 0 fully saturated rings. The zero-order valence-electron chi connectivity index (χ0n) is 7.14. The van der Waals surface area contributed by atoms with Gasteiger partial charge in [-0.15, -0.1) is 0 Å². The Labute approximate surface area is 70.7 Å². The van der Waals surface area contributed by atoms with Crippen LogP contribution in [0.15, 0.2) is 12.8 Å². The number of aromatic amines is 1. The summed E-state index contributed by atoms with van der Waals surface area (Å²) in [4.78, 5) is 13.5. The van der Waals surface area contributed by atoms with Crippen LogP contribution in [0, 0.1) is 13.8 Å². The molecule has 1 heterocycles. The highest BCUT2D eigenvalue weighted by atomic mass is 16.4. The van der Waals surface area contributed by atoms with E-state index < -0.39 is 5.97 Å². The lowest BCUT2D eigenvalue weighted by molar-refractivity contribution is -0.130. The zero-order chi connectivity index (χ0) is 9.30. The second kappa shape index (κ2) is 2.85. The van der Waals surface area contributed by atoms with Gasteiger partial charge in [-0.1, -0.05) is 6.58 Å². The first-order valence-electron chi connectivity index (χ1n) is 3.61. The van der Waals surface area contributed by atoms with E-state index in [0.717, 1.165) is 11.3 Å². The maximum Gasteiger partial charge on any atom is 0.335 e. The van der Waals surface area contributed by atoms with Crippen LogP contribution in [0.1, 0.15) is 16.8 Å². The van der Waals surface area contributed by atoms with Gasteiger partial charge in [0.1, 0.15) is 0 Å². The molecule has 0 saturated carbocycles. The molecule has 0 spiro atoms. The number of aliphatic carboxylic acids is 1. The summed E-state index contributed by atoms with van der Waals surface area (Å²) in [5.41, 5.74) is 2.62. The van der Waals surface area contributed by atoms with Gasteiger partial charge in [0.25, 0.3) is 0 Å². The van der Waals surface area contributed by atoms with Crippen molar-refractivity contribution < 1.29 is 9.90 Å². The van der Waals surface area contributed by atoms with Gasteiger partial charge < -0.3 is 10.1 Å². The molecule has 0 amide bonds. The lowest BCUT2D eigenvalue weighted by Crippen LogP contribution is -1.99. The first-order chi connectivity index (χ1) is 5.54. The average molecular weight is 165 g/mol. The van der Waals surface area contributed by atoms with Gasteiger partial charge in [-0.2, -0.15) is 0 Å². The van der Waals surface area contributed by atoms with Crippen LogP contribution in [0.5, 0.6) is 0 Å². The second-order valence-electron chi connectivity index (χ2n) is 2.76. The van der Waals surface area contributed by atoms with Crippen molar-refractivity contribution >= 4 is 11.5 Å². The highest BCUT2D eigenvalue weighted by molar-refractivity contribution is 6.15. The smallest absolute Gasteiger partial charge is 0.335 e. The molecule has 0 aliphatic rings. The minimum atomic E-state index is -0.971. The maximum absolute atomic E-state index is 10.6. The number of hydrogen-bond donors (Lipinski definition) is 2. The largest absolute Gasteiger partial charge is 0.478 e. The van der Waals surface area contributed by atoms with E-state index in [1.165, 1.54) is 0 Å². The molecule has 3 heteroatoms. The summed E-state index contributed by atoms with van der Waals surface area (Å²) < 4.78 is 0. The van der Waals surface area contributed by atoms with Crippen molar-refractivity contribution in [3.05, 3.63) is 29.6 Å². The average Bonchev–Trinajstić information content (AvgIpc) is 2.30. The molecule has 2 N–H and O–H groups in total. The van der Waals surface area contributed by atoms with Crippen molar-refractivity contribution in [2.24, 2.45) is 0 Å². The molecule has 12 heavy (non-hydrogen) atoms. The second-order valence-corrected chi connectivity index (χ2v) is 2.76. The number of carboxylic acid groups (broad SMARTS) is 1. The minimum Gasteiger partial charge on any atom is -0.478 e. The van der Waals surface area contributed by atoms with Gasteiger partial charge in [0.15, 0.2) is 0 Å². The van der Waals surface area contributed by atoms with Crippen molar-refractivity contribution in [2.45, 2.75) is 13.8 Å². The van der Waals surface area contributed by atoms with E-state index in [2.05, 4.69) is 11.6 Å². The summed E-state index contributed by atoms with van der Waals surface area (Å²) in [6, 6.07) is 0. The fourth-order valence-corrected chi connectivity index (χ4v) is 1.23. The van der Waals surface area contributed by atoms with Crippen LogP contribution in [0.25, 0.3) is 5.57 Å². The van der Waals surface area contributed by atoms with Crippen LogP contribution in [-0.4, -0.2) is 16.1 Å². The van der Waals surface area contributed by atoms with Crippen LogP contribution in [0.4, 0.5) is 0 Å². The first kappa shape index (κ1) is 8.59. The van der Waals surface area contributed by atoms with Crippen LogP contribution < -0.4 is 0 Å². The zero-order valence-corrected chi connectivity index (χ0v) is 7.14. The van der Waals surface area contributed by atoms with Crippen molar-refractivity contribution in [3.8, 4) is 0 Å². The number of carboxylic acids is 1. The number of hydrogen-bond acceptors (Lipinski definition) is 1.